The molecule has 0 fully saturated rings. The Hall–Kier alpha value is -1.63. The molecule has 0 saturated carbocycles. The summed E-state index contributed by atoms with van der Waals surface area (Å²) in [7, 11) is -3.56. The molecule has 0 aliphatic rings. The summed E-state index contributed by atoms with van der Waals surface area (Å²) >= 11 is 5.86. The van der Waals surface area contributed by atoms with Crippen LogP contribution in [-0.4, -0.2) is 19.5 Å². The van der Waals surface area contributed by atoms with Gasteiger partial charge in [0.1, 0.15) is 0 Å². The van der Waals surface area contributed by atoms with Crippen molar-refractivity contribution in [3.63, 3.8) is 0 Å². The molecular formula is C18H23ClN2O3S. The van der Waals surface area contributed by atoms with Crippen LogP contribution < -0.4 is 10.3 Å². The Morgan fingerprint density at radius 2 is 1.72 bits per heavy atom. The van der Waals surface area contributed by atoms with Crippen LogP contribution in [0.3, 0.4) is 0 Å². The van der Waals surface area contributed by atoms with Crippen molar-refractivity contribution in [2.24, 2.45) is 0 Å². The van der Waals surface area contributed by atoms with Crippen molar-refractivity contribution in [3.8, 4) is 0 Å². The van der Waals surface area contributed by atoms with Crippen LogP contribution in [0.25, 0.3) is 0 Å². The van der Waals surface area contributed by atoms with Crippen LogP contribution in [0.2, 0.25) is 5.02 Å². The fourth-order valence-corrected chi connectivity index (χ4v) is 3.61. The molecule has 0 aliphatic carbocycles. The van der Waals surface area contributed by atoms with Crippen molar-refractivity contribution in [1.29, 1.82) is 0 Å². The molecule has 7 heteroatoms. The molecule has 1 aromatic carbocycles. The number of hydrogen-bond acceptors (Lipinski definition) is 3. The standard InChI is InChI=1S/C18H23ClN2O3S/c1-18(2,3)14-5-8-16(9-6-14)25(23,24)20-11-4-12-21-13-15(19)7-10-17(21)22/h5-10,13,20H,4,11-12H2,1-3H3. The number of pyridine rings is 1. The van der Waals surface area contributed by atoms with E-state index >= 15 is 0 Å². The molecule has 1 N–H and O–H groups in total. The Balaban J connectivity index is 1.95. The summed E-state index contributed by atoms with van der Waals surface area (Å²) in [5.74, 6) is 0. The first kappa shape index (κ1) is 19.7. The second kappa shape index (κ2) is 7.72. The smallest absolute Gasteiger partial charge is 0.250 e. The minimum Gasteiger partial charge on any atom is -0.314 e. The first-order chi connectivity index (χ1) is 11.6. The summed E-state index contributed by atoms with van der Waals surface area (Å²) in [4.78, 5) is 11.9. The predicted molar refractivity (Wildman–Crippen MR) is 101 cm³/mol. The van der Waals surface area contributed by atoms with Gasteiger partial charge in [0.15, 0.2) is 0 Å². The van der Waals surface area contributed by atoms with Gasteiger partial charge >= 0.3 is 0 Å². The summed E-state index contributed by atoms with van der Waals surface area (Å²) in [6.07, 6.45) is 2.03. The van der Waals surface area contributed by atoms with E-state index in [9.17, 15) is 13.2 Å². The maximum absolute atomic E-state index is 12.3. The van der Waals surface area contributed by atoms with Gasteiger partial charge in [0.05, 0.1) is 9.92 Å². The van der Waals surface area contributed by atoms with Crippen LogP contribution in [0, 0.1) is 0 Å². The zero-order valence-electron chi connectivity index (χ0n) is 14.6. The molecule has 0 amide bonds. The Morgan fingerprint density at radius 3 is 2.32 bits per heavy atom. The molecule has 0 bridgehead atoms. The summed E-state index contributed by atoms with van der Waals surface area (Å²) in [5, 5.41) is 0.471. The number of nitrogens with one attached hydrogen (secondary N) is 1. The van der Waals surface area contributed by atoms with E-state index in [1.807, 2.05) is 12.1 Å². The molecule has 25 heavy (non-hydrogen) atoms. The molecule has 0 atom stereocenters. The molecule has 1 aromatic heterocycles. The van der Waals surface area contributed by atoms with Crippen molar-refractivity contribution in [3.05, 3.63) is 63.5 Å². The molecule has 1 heterocycles. The Labute approximate surface area is 153 Å². The number of aromatic nitrogens is 1. The Morgan fingerprint density at radius 1 is 1.08 bits per heavy atom. The summed E-state index contributed by atoms with van der Waals surface area (Å²) in [6.45, 7) is 6.86. The monoisotopic (exact) mass is 382 g/mol. The number of halogens is 1. The normalized spacial score (nSPS) is 12.3. The maximum Gasteiger partial charge on any atom is 0.250 e. The van der Waals surface area contributed by atoms with Gasteiger partial charge in [0.25, 0.3) is 5.56 Å². The molecule has 2 aromatic rings. The van der Waals surface area contributed by atoms with Crippen molar-refractivity contribution in [2.45, 2.75) is 44.0 Å². The highest BCUT2D eigenvalue weighted by molar-refractivity contribution is 7.89. The number of hydrogen-bond donors (Lipinski definition) is 1. The van der Waals surface area contributed by atoms with E-state index in [2.05, 4.69) is 25.5 Å². The molecule has 0 aliphatic heterocycles. The third-order valence-corrected chi connectivity index (χ3v) is 5.55. The lowest BCUT2D eigenvalue weighted by Gasteiger charge is -2.19. The second-order valence-electron chi connectivity index (χ2n) is 6.90. The van der Waals surface area contributed by atoms with Crippen molar-refractivity contribution in [1.82, 2.24) is 9.29 Å². The number of aryl methyl sites for hydroxylation is 1. The van der Waals surface area contributed by atoms with E-state index < -0.39 is 10.0 Å². The van der Waals surface area contributed by atoms with E-state index in [1.165, 1.54) is 16.7 Å². The largest absolute Gasteiger partial charge is 0.314 e. The van der Waals surface area contributed by atoms with Crippen LogP contribution in [0.15, 0.2) is 52.3 Å². The minimum atomic E-state index is -3.56. The number of nitrogens with zero attached hydrogens (tertiary/aromatic N) is 1. The molecule has 0 saturated heterocycles. The SMILES string of the molecule is CC(C)(C)c1ccc(S(=O)(=O)NCCCn2cc(Cl)ccc2=O)cc1. The highest BCUT2D eigenvalue weighted by Crippen LogP contribution is 2.23. The second-order valence-corrected chi connectivity index (χ2v) is 9.11. The Bertz CT molecular complexity index is 882. The first-order valence-electron chi connectivity index (χ1n) is 8.06. The van der Waals surface area contributed by atoms with Crippen molar-refractivity contribution < 1.29 is 8.42 Å². The van der Waals surface area contributed by atoms with E-state index in [4.69, 9.17) is 11.6 Å². The maximum atomic E-state index is 12.3. The highest BCUT2D eigenvalue weighted by Gasteiger charge is 2.17. The highest BCUT2D eigenvalue weighted by atomic mass is 35.5. The van der Waals surface area contributed by atoms with E-state index in [0.29, 0.717) is 18.0 Å². The van der Waals surface area contributed by atoms with Crippen molar-refractivity contribution >= 4 is 21.6 Å². The van der Waals surface area contributed by atoms with Gasteiger partial charge in [-0.2, -0.15) is 0 Å². The average Bonchev–Trinajstić information content (AvgIpc) is 2.54. The van der Waals surface area contributed by atoms with Crippen LogP contribution >= 0.6 is 11.6 Å². The summed E-state index contributed by atoms with van der Waals surface area (Å²) in [6, 6.07) is 9.82. The predicted octanol–water partition coefficient (Wildman–Crippen LogP) is 3.17. The van der Waals surface area contributed by atoms with Crippen LogP contribution in [-0.2, 0) is 22.0 Å². The van der Waals surface area contributed by atoms with Crippen LogP contribution in [0.1, 0.15) is 32.8 Å². The lowest BCUT2D eigenvalue weighted by molar-refractivity contribution is 0.565. The molecule has 0 radical (unpaired) electrons. The topological polar surface area (TPSA) is 68.2 Å². The number of sulfonamides is 1. The molecule has 5 nitrogen and oxygen atoms in total. The van der Waals surface area contributed by atoms with Gasteiger partial charge < -0.3 is 4.57 Å². The van der Waals surface area contributed by atoms with Crippen LogP contribution in [0.5, 0.6) is 0 Å². The van der Waals surface area contributed by atoms with Crippen molar-refractivity contribution in [2.75, 3.05) is 6.54 Å². The lowest BCUT2D eigenvalue weighted by atomic mass is 9.87. The molecule has 0 unspecified atom stereocenters. The Kier molecular flexibility index (Phi) is 6.08. The molecule has 0 spiro atoms. The summed E-state index contributed by atoms with van der Waals surface area (Å²) in [5.41, 5.74) is 0.886. The van der Waals surface area contributed by atoms with Gasteiger partial charge in [-0.25, -0.2) is 13.1 Å². The quantitative estimate of drug-likeness (QED) is 0.780. The van der Waals surface area contributed by atoms with E-state index in [0.717, 1.165) is 5.56 Å². The van der Waals surface area contributed by atoms with Crippen LogP contribution in [0.4, 0.5) is 0 Å². The van der Waals surface area contributed by atoms with Gasteiger partial charge in [-0.1, -0.05) is 44.5 Å². The molecular weight excluding hydrogens is 360 g/mol. The number of rotatable bonds is 6. The first-order valence-corrected chi connectivity index (χ1v) is 9.92. The fraction of sp³-hybridized carbons (Fsp3) is 0.389. The zero-order chi connectivity index (χ0) is 18.7. The van der Waals surface area contributed by atoms with E-state index in [1.54, 1.807) is 18.3 Å². The average molecular weight is 383 g/mol. The minimum absolute atomic E-state index is 0.0278. The van der Waals surface area contributed by atoms with Gasteiger partial charge in [-0.15, -0.1) is 0 Å². The van der Waals surface area contributed by atoms with Gasteiger partial charge in [-0.05, 0) is 35.6 Å². The third-order valence-electron chi connectivity index (χ3n) is 3.85. The molecule has 136 valence electrons. The molecule has 2 rings (SSSR count). The summed E-state index contributed by atoms with van der Waals surface area (Å²) < 4.78 is 28.7. The van der Waals surface area contributed by atoms with Gasteiger partial charge in [0, 0.05) is 25.4 Å². The fourth-order valence-electron chi connectivity index (χ4n) is 2.35. The van der Waals surface area contributed by atoms with Gasteiger partial charge in [0.2, 0.25) is 10.0 Å². The third kappa shape index (κ3) is 5.42. The lowest BCUT2D eigenvalue weighted by Crippen LogP contribution is -2.27. The number of benzene rings is 1. The van der Waals surface area contributed by atoms with Gasteiger partial charge in [-0.3, -0.25) is 4.79 Å². The zero-order valence-corrected chi connectivity index (χ0v) is 16.2. The van der Waals surface area contributed by atoms with E-state index in [-0.39, 0.29) is 22.4 Å².